The van der Waals surface area contributed by atoms with Crippen molar-refractivity contribution in [2.75, 3.05) is 40.3 Å². The summed E-state index contributed by atoms with van der Waals surface area (Å²) in [6.45, 7) is 2.81. The Balaban J connectivity index is 2.26. The van der Waals surface area contributed by atoms with Gasteiger partial charge in [-0.1, -0.05) is 12.2 Å². The molecule has 0 bridgehead atoms. The van der Waals surface area contributed by atoms with Crippen LogP contribution in [0.4, 0.5) is 0 Å². The Hall–Kier alpha value is -0.720. The predicted octanol–water partition coefficient (Wildman–Crippen LogP) is -0.158. The summed E-state index contributed by atoms with van der Waals surface area (Å²) in [6, 6.07) is 0. The van der Waals surface area contributed by atoms with Crippen molar-refractivity contribution < 1.29 is 9.53 Å². The van der Waals surface area contributed by atoms with E-state index in [0.29, 0.717) is 24.5 Å². The van der Waals surface area contributed by atoms with E-state index in [1.807, 2.05) is 0 Å². The van der Waals surface area contributed by atoms with Crippen molar-refractivity contribution in [3.8, 4) is 0 Å². The number of carbonyl (C=O) groups excluding carboxylic acids is 1. The van der Waals surface area contributed by atoms with Gasteiger partial charge in [-0.2, -0.15) is 0 Å². The van der Waals surface area contributed by atoms with Gasteiger partial charge in [-0.25, -0.2) is 0 Å². The van der Waals surface area contributed by atoms with Gasteiger partial charge in [0.15, 0.2) is 0 Å². The number of likely N-dealkylation sites (N-methyl/N-ethyl adjacent to an activating group) is 1. The lowest BCUT2D eigenvalue weighted by Crippen LogP contribution is -2.39. The van der Waals surface area contributed by atoms with Crippen LogP contribution in [0.15, 0.2) is 0 Å². The molecule has 2 N–H and O–H groups in total. The fourth-order valence-corrected chi connectivity index (χ4v) is 1.94. The van der Waals surface area contributed by atoms with Gasteiger partial charge in [0.05, 0.1) is 17.6 Å². The highest BCUT2D eigenvalue weighted by Gasteiger charge is 2.24. The summed E-state index contributed by atoms with van der Waals surface area (Å²) in [5.74, 6) is 0.109. The SMILES string of the molecule is COC1CCN(CC(=O)N(C)CCC(N)=S)C1. The van der Waals surface area contributed by atoms with Crippen LogP contribution in [0.5, 0.6) is 0 Å². The lowest BCUT2D eigenvalue weighted by Gasteiger charge is -2.21. The van der Waals surface area contributed by atoms with Crippen molar-refractivity contribution in [3.63, 3.8) is 0 Å². The topological polar surface area (TPSA) is 58.8 Å². The number of ether oxygens (including phenoxy) is 1. The summed E-state index contributed by atoms with van der Waals surface area (Å²) in [7, 11) is 3.49. The molecule has 0 spiro atoms. The van der Waals surface area contributed by atoms with Crippen LogP contribution in [0.3, 0.4) is 0 Å². The van der Waals surface area contributed by atoms with E-state index in [2.05, 4.69) is 4.90 Å². The van der Waals surface area contributed by atoms with Crippen LogP contribution in [0, 0.1) is 0 Å². The van der Waals surface area contributed by atoms with E-state index < -0.39 is 0 Å². The van der Waals surface area contributed by atoms with Gasteiger partial charge in [0.1, 0.15) is 0 Å². The molecule has 1 fully saturated rings. The van der Waals surface area contributed by atoms with Crippen LogP contribution in [0.1, 0.15) is 12.8 Å². The highest BCUT2D eigenvalue weighted by atomic mass is 32.1. The average Bonchev–Trinajstić information content (AvgIpc) is 2.73. The van der Waals surface area contributed by atoms with E-state index in [-0.39, 0.29) is 12.0 Å². The second kappa shape index (κ2) is 6.88. The molecule has 0 aromatic heterocycles. The van der Waals surface area contributed by atoms with Gasteiger partial charge in [0.2, 0.25) is 5.91 Å². The van der Waals surface area contributed by atoms with Crippen molar-refractivity contribution >= 4 is 23.1 Å². The number of rotatable bonds is 6. The molecular formula is C11H21N3O2S. The number of carbonyl (C=O) groups is 1. The molecule has 98 valence electrons. The van der Waals surface area contributed by atoms with E-state index in [1.165, 1.54) is 0 Å². The summed E-state index contributed by atoms with van der Waals surface area (Å²) in [4.78, 5) is 16.1. The van der Waals surface area contributed by atoms with Gasteiger partial charge < -0.3 is 15.4 Å². The smallest absolute Gasteiger partial charge is 0.236 e. The first-order chi connectivity index (χ1) is 8.02. The Morgan fingerprint density at radius 2 is 2.35 bits per heavy atom. The van der Waals surface area contributed by atoms with Crippen LogP contribution in [0.25, 0.3) is 0 Å². The van der Waals surface area contributed by atoms with Crippen LogP contribution in [0.2, 0.25) is 0 Å². The molecule has 0 aromatic carbocycles. The largest absolute Gasteiger partial charge is 0.393 e. The lowest BCUT2D eigenvalue weighted by atomic mass is 10.3. The molecule has 0 saturated carbocycles. The quantitative estimate of drug-likeness (QED) is 0.672. The van der Waals surface area contributed by atoms with Gasteiger partial charge in [-0.05, 0) is 6.42 Å². The predicted molar refractivity (Wildman–Crippen MR) is 70.9 cm³/mol. The monoisotopic (exact) mass is 259 g/mol. The summed E-state index contributed by atoms with van der Waals surface area (Å²) in [5, 5.41) is 0. The molecule has 1 aliphatic rings. The van der Waals surface area contributed by atoms with Crippen molar-refractivity contribution in [1.29, 1.82) is 0 Å². The van der Waals surface area contributed by atoms with Crippen molar-refractivity contribution in [2.45, 2.75) is 18.9 Å². The summed E-state index contributed by atoms with van der Waals surface area (Å²) in [6.07, 6.45) is 1.85. The zero-order chi connectivity index (χ0) is 12.8. The summed E-state index contributed by atoms with van der Waals surface area (Å²) >= 11 is 4.79. The van der Waals surface area contributed by atoms with Crippen LogP contribution in [-0.2, 0) is 9.53 Å². The molecule has 1 heterocycles. The molecule has 0 aliphatic carbocycles. The molecular weight excluding hydrogens is 238 g/mol. The zero-order valence-electron chi connectivity index (χ0n) is 10.5. The first kappa shape index (κ1) is 14.3. The molecule has 1 unspecified atom stereocenters. The van der Waals surface area contributed by atoms with Gasteiger partial charge in [0, 0.05) is 40.2 Å². The number of likely N-dealkylation sites (tertiary alicyclic amines) is 1. The van der Waals surface area contributed by atoms with E-state index in [4.69, 9.17) is 22.7 Å². The molecule has 1 atom stereocenters. The molecule has 1 rings (SSSR count). The van der Waals surface area contributed by atoms with Gasteiger partial charge in [-0.3, -0.25) is 9.69 Å². The number of methoxy groups -OCH3 is 1. The van der Waals surface area contributed by atoms with Crippen molar-refractivity contribution in [1.82, 2.24) is 9.80 Å². The number of nitrogens with two attached hydrogens (primary N) is 1. The number of nitrogens with zero attached hydrogens (tertiary/aromatic N) is 2. The van der Waals surface area contributed by atoms with Gasteiger partial charge in [0.25, 0.3) is 0 Å². The molecule has 0 aromatic rings. The minimum Gasteiger partial charge on any atom is -0.393 e. The molecule has 1 saturated heterocycles. The Kier molecular flexibility index (Phi) is 5.80. The fraction of sp³-hybridized carbons (Fsp3) is 0.818. The molecule has 1 aliphatic heterocycles. The molecule has 6 heteroatoms. The van der Waals surface area contributed by atoms with E-state index in [9.17, 15) is 4.79 Å². The average molecular weight is 259 g/mol. The van der Waals surface area contributed by atoms with Crippen LogP contribution >= 0.6 is 12.2 Å². The third-order valence-corrected chi connectivity index (χ3v) is 3.24. The van der Waals surface area contributed by atoms with Gasteiger partial charge >= 0.3 is 0 Å². The number of hydrogen-bond acceptors (Lipinski definition) is 4. The first-order valence-corrected chi connectivity index (χ1v) is 6.21. The third-order valence-electron chi connectivity index (χ3n) is 3.04. The Bertz CT molecular complexity index is 286. The summed E-state index contributed by atoms with van der Waals surface area (Å²) < 4.78 is 5.26. The minimum absolute atomic E-state index is 0.109. The highest BCUT2D eigenvalue weighted by molar-refractivity contribution is 7.80. The Morgan fingerprint density at radius 1 is 1.65 bits per heavy atom. The van der Waals surface area contributed by atoms with E-state index >= 15 is 0 Å². The molecule has 0 radical (unpaired) electrons. The molecule has 1 amide bonds. The number of thiocarbonyl (C=S) groups is 1. The third kappa shape index (κ3) is 4.97. The second-order valence-corrected chi connectivity index (χ2v) is 4.94. The molecule has 5 nitrogen and oxygen atoms in total. The van der Waals surface area contributed by atoms with E-state index in [1.54, 1.807) is 19.1 Å². The fourth-order valence-electron chi connectivity index (χ4n) is 1.85. The maximum Gasteiger partial charge on any atom is 0.236 e. The maximum absolute atomic E-state index is 11.9. The second-order valence-electron chi connectivity index (χ2n) is 4.41. The van der Waals surface area contributed by atoms with Crippen molar-refractivity contribution in [2.24, 2.45) is 5.73 Å². The lowest BCUT2D eigenvalue weighted by molar-refractivity contribution is -0.130. The van der Waals surface area contributed by atoms with Crippen molar-refractivity contribution in [3.05, 3.63) is 0 Å². The Labute approximate surface area is 108 Å². The summed E-state index contributed by atoms with van der Waals surface area (Å²) in [5.41, 5.74) is 5.41. The highest BCUT2D eigenvalue weighted by Crippen LogP contribution is 2.11. The zero-order valence-corrected chi connectivity index (χ0v) is 11.3. The number of hydrogen-bond donors (Lipinski definition) is 1. The maximum atomic E-state index is 11.9. The molecule has 17 heavy (non-hydrogen) atoms. The minimum atomic E-state index is 0.109. The van der Waals surface area contributed by atoms with Crippen LogP contribution < -0.4 is 5.73 Å². The Morgan fingerprint density at radius 3 is 2.88 bits per heavy atom. The number of amides is 1. The van der Waals surface area contributed by atoms with E-state index in [0.717, 1.165) is 19.5 Å². The normalized spacial score (nSPS) is 20.5. The standard InChI is InChI=1S/C11H21N3O2S/c1-13(5-4-10(12)17)11(15)8-14-6-3-9(7-14)16-2/h9H,3-8H2,1-2H3,(H2,12,17). The first-order valence-electron chi connectivity index (χ1n) is 5.80. The van der Waals surface area contributed by atoms with Crippen LogP contribution in [-0.4, -0.2) is 67.1 Å². The van der Waals surface area contributed by atoms with Gasteiger partial charge in [-0.15, -0.1) is 0 Å².